The normalized spacial score (nSPS) is 46.4. The van der Waals surface area contributed by atoms with Gasteiger partial charge in [0.1, 0.15) is 0 Å². The Labute approximate surface area is 120 Å². The van der Waals surface area contributed by atoms with Crippen LogP contribution in [0.25, 0.3) is 0 Å². The Morgan fingerprint density at radius 3 is 2.25 bits per heavy atom. The first kappa shape index (κ1) is 13.1. The molecule has 1 atom stereocenters. The van der Waals surface area contributed by atoms with Gasteiger partial charge in [-0.2, -0.15) is 0 Å². The third-order valence-corrected chi connectivity index (χ3v) is 5.94. The van der Waals surface area contributed by atoms with Gasteiger partial charge in [0.2, 0.25) is 5.91 Å². The Kier molecular flexibility index (Phi) is 3.26. The largest absolute Gasteiger partial charge is 0.350 e. The highest BCUT2D eigenvalue weighted by molar-refractivity contribution is 5.82. The second-order valence-electron chi connectivity index (χ2n) is 7.54. The van der Waals surface area contributed by atoms with Crippen molar-refractivity contribution in [3.8, 4) is 0 Å². The van der Waals surface area contributed by atoms with Crippen molar-refractivity contribution in [3.63, 3.8) is 0 Å². The lowest BCUT2D eigenvalue weighted by Gasteiger charge is -2.55. The van der Waals surface area contributed by atoms with Crippen molar-refractivity contribution in [2.75, 3.05) is 6.61 Å². The van der Waals surface area contributed by atoms with Gasteiger partial charge in [0, 0.05) is 13.0 Å². The number of hydrogen-bond donors (Lipinski definition) is 1. The van der Waals surface area contributed by atoms with Gasteiger partial charge in [-0.3, -0.25) is 4.79 Å². The average Bonchev–Trinajstić information content (AvgIpc) is 2.44. The molecule has 112 valence electrons. The van der Waals surface area contributed by atoms with Gasteiger partial charge in [-0.05, 0) is 69.1 Å². The number of ether oxygens (including phenoxy) is 1. The monoisotopic (exact) mass is 279 g/mol. The van der Waals surface area contributed by atoms with E-state index in [1.165, 1.54) is 19.3 Å². The van der Waals surface area contributed by atoms with Gasteiger partial charge in [0.05, 0.1) is 5.41 Å². The lowest BCUT2D eigenvalue weighted by atomic mass is 9.49. The smallest absolute Gasteiger partial charge is 0.249 e. The van der Waals surface area contributed by atoms with Crippen LogP contribution in [0.4, 0.5) is 0 Å². The van der Waals surface area contributed by atoms with Gasteiger partial charge >= 0.3 is 0 Å². The first-order valence-corrected chi connectivity index (χ1v) is 8.31. The first-order chi connectivity index (χ1) is 9.73. The fourth-order valence-electron chi connectivity index (χ4n) is 5.42. The van der Waals surface area contributed by atoms with Crippen LogP contribution < -0.4 is 5.48 Å². The van der Waals surface area contributed by atoms with Gasteiger partial charge in [-0.1, -0.05) is 0 Å². The molecule has 4 heteroatoms. The maximum absolute atomic E-state index is 12.6. The molecule has 0 aromatic rings. The van der Waals surface area contributed by atoms with Crippen molar-refractivity contribution in [1.29, 1.82) is 0 Å². The quantitative estimate of drug-likeness (QED) is 0.808. The van der Waals surface area contributed by atoms with E-state index < -0.39 is 0 Å². The molecular weight excluding hydrogens is 254 g/mol. The Morgan fingerprint density at radius 1 is 1.05 bits per heavy atom. The molecule has 0 aromatic heterocycles. The number of carbonyl (C=O) groups is 1. The fourth-order valence-corrected chi connectivity index (χ4v) is 5.42. The van der Waals surface area contributed by atoms with Gasteiger partial charge < -0.3 is 4.74 Å². The summed E-state index contributed by atoms with van der Waals surface area (Å²) in [6.07, 6.45) is 10.2. The number of nitrogens with one attached hydrogen (secondary N) is 1. The number of rotatable bonds is 3. The minimum absolute atomic E-state index is 0.122. The van der Waals surface area contributed by atoms with Gasteiger partial charge in [-0.25, -0.2) is 10.3 Å². The standard InChI is InChI=1S/C16H25NO3/c18-15(17-20-14-3-1-2-4-19-14)16-8-11-5-12(9-16)7-13(6-11)10-16/h11-14H,1-10H2,(H,17,18). The summed E-state index contributed by atoms with van der Waals surface area (Å²) in [5.74, 6) is 2.50. The molecule has 0 aromatic carbocycles. The zero-order valence-electron chi connectivity index (χ0n) is 12.1. The number of carbonyl (C=O) groups excluding carboxylic acids is 1. The molecule has 4 saturated carbocycles. The van der Waals surface area contributed by atoms with Gasteiger partial charge in [0.15, 0.2) is 6.29 Å². The number of amides is 1. The topological polar surface area (TPSA) is 47.6 Å². The third-order valence-electron chi connectivity index (χ3n) is 5.94. The van der Waals surface area contributed by atoms with Crippen LogP contribution in [0.5, 0.6) is 0 Å². The van der Waals surface area contributed by atoms with Crippen LogP contribution in [0.3, 0.4) is 0 Å². The lowest BCUT2D eigenvalue weighted by Crippen LogP contribution is -2.54. The van der Waals surface area contributed by atoms with E-state index in [1.54, 1.807) is 0 Å². The zero-order valence-corrected chi connectivity index (χ0v) is 12.1. The second kappa shape index (κ2) is 4.99. The summed E-state index contributed by atoms with van der Waals surface area (Å²) in [6.45, 7) is 0.748. The van der Waals surface area contributed by atoms with Crippen molar-refractivity contribution >= 4 is 5.91 Å². The Balaban J connectivity index is 1.38. The van der Waals surface area contributed by atoms with Crippen LogP contribution in [0.1, 0.15) is 57.8 Å². The second-order valence-corrected chi connectivity index (χ2v) is 7.54. The molecule has 4 nitrogen and oxygen atoms in total. The minimum atomic E-state index is -0.235. The highest BCUT2D eigenvalue weighted by Gasteiger charge is 2.54. The predicted octanol–water partition coefficient (Wildman–Crippen LogP) is 2.78. The molecule has 1 heterocycles. The molecule has 4 aliphatic carbocycles. The number of hydrogen-bond acceptors (Lipinski definition) is 3. The zero-order chi connectivity index (χ0) is 13.6. The summed E-state index contributed by atoms with van der Waals surface area (Å²) in [5.41, 5.74) is 2.62. The highest BCUT2D eigenvalue weighted by Crippen LogP contribution is 2.60. The van der Waals surface area contributed by atoms with Crippen molar-refractivity contribution < 1.29 is 14.4 Å². The fraction of sp³-hybridized carbons (Fsp3) is 0.938. The summed E-state index contributed by atoms with van der Waals surface area (Å²) in [4.78, 5) is 18.2. The summed E-state index contributed by atoms with van der Waals surface area (Å²) in [7, 11) is 0. The molecule has 0 spiro atoms. The molecule has 20 heavy (non-hydrogen) atoms. The van der Waals surface area contributed by atoms with Crippen molar-refractivity contribution in [1.82, 2.24) is 5.48 Å². The maximum atomic E-state index is 12.6. The molecule has 1 unspecified atom stereocenters. The summed E-state index contributed by atoms with van der Waals surface area (Å²) >= 11 is 0. The molecule has 1 saturated heterocycles. The van der Waals surface area contributed by atoms with E-state index in [1.807, 2.05) is 0 Å². The Morgan fingerprint density at radius 2 is 1.70 bits per heavy atom. The predicted molar refractivity (Wildman–Crippen MR) is 73.4 cm³/mol. The minimum Gasteiger partial charge on any atom is -0.350 e. The Bertz CT molecular complexity index is 354. The molecule has 1 aliphatic heterocycles. The molecular formula is C16H25NO3. The molecule has 5 aliphatic rings. The van der Waals surface area contributed by atoms with Crippen LogP contribution in [0.15, 0.2) is 0 Å². The van der Waals surface area contributed by atoms with Crippen molar-refractivity contribution in [2.24, 2.45) is 23.2 Å². The van der Waals surface area contributed by atoms with Gasteiger partial charge in [0.25, 0.3) is 0 Å². The van der Waals surface area contributed by atoms with E-state index in [2.05, 4.69) is 5.48 Å². The third kappa shape index (κ3) is 2.27. The molecule has 1 amide bonds. The van der Waals surface area contributed by atoms with E-state index in [0.29, 0.717) is 0 Å². The van der Waals surface area contributed by atoms with Crippen LogP contribution in [0, 0.1) is 23.2 Å². The summed E-state index contributed by atoms with van der Waals surface area (Å²) in [6, 6.07) is 0. The average molecular weight is 279 g/mol. The van der Waals surface area contributed by atoms with E-state index in [9.17, 15) is 4.79 Å². The van der Waals surface area contributed by atoms with E-state index >= 15 is 0 Å². The van der Waals surface area contributed by atoms with Crippen LogP contribution in [-0.4, -0.2) is 18.8 Å². The maximum Gasteiger partial charge on any atom is 0.249 e. The van der Waals surface area contributed by atoms with Gasteiger partial charge in [-0.15, -0.1) is 0 Å². The van der Waals surface area contributed by atoms with Crippen LogP contribution >= 0.6 is 0 Å². The highest BCUT2D eigenvalue weighted by atomic mass is 16.8. The van der Waals surface area contributed by atoms with Crippen molar-refractivity contribution in [3.05, 3.63) is 0 Å². The summed E-state index contributed by atoms with van der Waals surface area (Å²) in [5, 5.41) is 0. The molecule has 1 N–H and O–H groups in total. The molecule has 5 fully saturated rings. The molecule has 5 rings (SSSR count). The molecule has 0 radical (unpaired) electrons. The summed E-state index contributed by atoms with van der Waals surface area (Å²) < 4.78 is 5.51. The first-order valence-electron chi connectivity index (χ1n) is 8.31. The SMILES string of the molecule is O=C(NOC1CCCCO1)C12CC3CC(CC(C3)C1)C2. The van der Waals surface area contributed by atoms with E-state index in [0.717, 1.165) is 62.9 Å². The van der Waals surface area contributed by atoms with Crippen molar-refractivity contribution in [2.45, 2.75) is 64.1 Å². The van der Waals surface area contributed by atoms with Crippen LogP contribution in [-0.2, 0) is 14.4 Å². The molecule has 4 bridgehead atoms. The van der Waals surface area contributed by atoms with Crippen LogP contribution in [0.2, 0.25) is 0 Å². The number of hydroxylamine groups is 1. The Hall–Kier alpha value is -0.610. The van der Waals surface area contributed by atoms with E-state index in [4.69, 9.17) is 9.57 Å². The lowest BCUT2D eigenvalue weighted by molar-refractivity contribution is -0.209. The van der Waals surface area contributed by atoms with E-state index in [-0.39, 0.29) is 17.6 Å².